The Morgan fingerprint density at radius 3 is 2.29 bits per heavy atom. The maximum atomic E-state index is 13.8. The van der Waals surface area contributed by atoms with Crippen molar-refractivity contribution in [3.8, 4) is 6.07 Å². The summed E-state index contributed by atoms with van der Waals surface area (Å²) in [6, 6.07) is 16.9. The van der Waals surface area contributed by atoms with Crippen molar-refractivity contribution < 1.29 is 8.78 Å². The molecule has 2 unspecified atom stereocenters. The fourth-order valence-electron chi connectivity index (χ4n) is 3.62. The molecule has 4 heteroatoms. The Hall–Kier alpha value is -2.25. The molecule has 0 amide bonds. The number of halogens is 2. The van der Waals surface area contributed by atoms with Crippen LogP contribution in [0.1, 0.15) is 44.7 Å². The van der Waals surface area contributed by atoms with Gasteiger partial charge in [-0.25, -0.2) is 8.78 Å². The fraction of sp³-hybridized carbons (Fsp3) is 0.458. The maximum absolute atomic E-state index is 13.8. The summed E-state index contributed by atoms with van der Waals surface area (Å²) in [5.74, 6) is -1.79. The molecule has 0 spiro atoms. The third kappa shape index (κ3) is 5.17. The van der Waals surface area contributed by atoms with Crippen molar-refractivity contribution in [2.24, 2.45) is 5.92 Å². The lowest BCUT2D eigenvalue weighted by atomic mass is 9.69. The Bertz CT molecular complexity index is 798. The van der Waals surface area contributed by atoms with Gasteiger partial charge in [0.25, 0.3) is 0 Å². The van der Waals surface area contributed by atoms with Gasteiger partial charge in [0.1, 0.15) is 0 Å². The highest BCUT2D eigenvalue weighted by atomic mass is 19.2. The monoisotopic (exact) mass is 384 g/mol. The maximum Gasteiger partial charge on any atom is 0.159 e. The highest BCUT2D eigenvalue weighted by molar-refractivity contribution is 5.34. The molecule has 28 heavy (non-hydrogen) atoms. The van der Waals surface area contributed by atoms with E-state index in [4.69, 9.17) is 0 Å². The van der Waals surface area contributed by atoms with Crippen molar-refractivity contribution in [3.05, 3.63) is 71.3 Å². The second kappa shape index (κ2) is 9.80. The second-order valence-corrected chi connectivity index (χ2v) is 7.97. The number of nitrogens with zero attached hydrogens (tertiary/aromatic N) is 2. The third-order valence-corrected chi connectivity index (χ3v) is 5.92. The zero-order valence-electron chi connectivity index (χ0n) is 17.3. The van der Waals surface area contributed by atoms with Gasteiger partial charge in [-0.2, -0.15) is 5.26 Å². The second-order valence-electron chi connectivity index (χ2n) is 7.97. The minimum atomic E-state index is -0.897. The lowest BCUT2D eigenvalue weighted by Gasteiger charge is -2.34. The molecule has 0 saturated carbocycles. The molecular weight excluding hydrogens is 354 g/mol. The summed E-state index contributed by atoms with van der Waals surface area (Å²) in [4.78, 5) is 2.29. The first-order valence-corrected chi connectivity index (χ1v) is 9.91. The van der Waals surface area contributed by atoms with E-state index >= 15 is 0 Å². The summed E-state index contributed by atoms with van der Waals surface area (Å²) in [5.41, 5.74) is 1.03. The van der Waals surface area contributed by atoms with Crippen LogP contribution in [0.15, 0.2) is 48.5 Å². The quantitative estimate of drug-likeness (QED) is 0.552. The van der Waals surface area contributed by atoms with E-state index in [0.29, 0.717) is 12.0 Å². The number of benzene rings is 2. The summed E-state index contributed by atoms with van der Waals surface area (Å²) in [6.45, 7) is 7.01. The number of hydrogen-bond donors (Lipinski definition) is 0. The Balaban J connectivity index is 2.06. The van der Waals surface area contributed by atoms with E-state index in [0.717, 1.165) is 25.5 Å². The molecule has 0 fully saturated rings. The average Bonchev–Trinajstić information content (AvgIpc) is 2.69. The predicted octanol–water partition coefficient (Wildman–Crippen LogP) is 5.73. The van der Waals surface area contributed by atoms with Crippen LogP contribution in [0.5, 0.6) is 0 Å². The van der Waals surface area contributed by atoms with Crippen LogP contribution < -0.4 is 0 Å². The van der Waals surface area contributed by atoms with Gasteiger partial charge in [-0.1, -0.05) is 50.2 Å². The molecule has 0 N–H and O–H groups in total. The number of likely N-dealkylation sites (N-methyl/N-ethyl adjacent to an activating group) is 1. The Morgan fingerprint density at radius 1 is 1.04 bits per heavy atom. The molecule has 2 rings (SSSR count). The normalized spacial score (nSPS) is 14.7. The highest BCUT2D eigenvalue weighted by Crippen LogP contribution is 2.37. The molecule has 0 bridgehead atoms. The topological polar surface area (TPSA) is 27.0 Å². The van der Waals surface area contributed by atoms with Crippen LogP contribution >= 0.6 is 0 Å². The van der Waals surface area contributed by atoms with E-state index in [1.807, 2.05) is 32.0 Å². The predicted molar refractivity (Wildman–Crippen MR) is 110 cm³/mol. The van der Waals surface area contributed by atoms with E-state index in [1.165, 1.54) is 11.6 Å². The number of rotatable bonds is 9. The van der Waals surface area contributed by atoms with Crippen LogP contribution in [0.4, 0.5) is 8.78 Å². The van der Waals surface area contributed by atoms with Gasteiger partial charge in [0.2, 0.25) is 0 Å². The molecule has 0 aliphatic rings. The van der Waals surface area contributed by atoms with E-state index in [-0.39, 0.29) is 12.0 Å². The smallest absolute Gasteiger partial charge is 0.159 e. The van der Waals surface area contributed by atoms with Gasteiger partial charge in [-0.3, -0.25) is 0 Å². The zero-order valence-corrected chi connectivity index (χ0v) is 17.3. The molecule has 0 heterocycles. The first-order valence-electron chi connectivity index (χ1n) is 9.91. The molecule has 0 aliphatic heterocycles. The molecule has 0 aromatic heterocycles. The van der Waals surface area contributed by atoms with Crippen LogP contribution in [-0.2, 0) is 11.8 Å². The minimum absolute atomic E-state index is 0.0100. The molecule has 2 nitrogen and oxygen atoms in total. The van der Waals surface area contributed by atoms with Gasteiger partial charge >= 0.3 is 0 Å². The summed E-state index contributed by atoms with van der Waals surface area (Å²) in [5, 5.41) is 9.98. The molecule has 2 atom stereocenters. The van der Waals surface area contributed by atoms with Crippen LogP contribution in [0.25, 0.3) is 0 Å². The van der Waals surface area contributed by atoms with Gasteiger partial charge in [0.05, 0.1) is 11.5 Å². The third-order valence-electron chi connectivity index (χ3n) is 5.92. The van der Waals surface area contributed by atoms with Crippen LogP contribution in [0.2, 0.25) is 0 Å². The van der Waals surface area contributed by atoms with Gasteiger partial charge in [0, 0.05) is 12.6 Å². The van der Waals surface area contributed by atoms with Gasteiger partial charge in [-0.15, -0.1) is 0 Å². The molecule has 2 aromatic carbocycles. The first kappa shape index (κ1) is 22.0. The van der Waals surface area contributed by atoms with Gasteiger partial charge < -0.3 is 4.90 Å². The molecular formula is C24H30F2N2. The van der Waals surface area contributed by atoms with Crippen molar-refractivity contribution in [1.29, 1.82) is 5.26 Å². The van der Waals surface area contributed by atoms with Crippen molar-refractivity contribution in [3.63, 3.8) is 0 Å². The Kier molecular flexibility index (Phi) is 7.71. The summed E-state index contributed by atoms with van der Waals surface area (Å²) < 4.78 is 27.2. The molecule has 0 radical (unpaired) electrons. The number of nitriles is 1. The average molecular weight is 385 g/mol. The zero-order chi connectivity index (χ0) is 20.7. The SMILES string of the molecule is CC(CCC(C#N)(c1ccc(F)c(F)c1)C(C)C)N(C)CCc1ccccc1. The van der Waals surface area contributed by atoms with E-state index in [1.54, 1.807) is 6.07 Å². The molecule has 150 valence electrons. The van der Waals surface area contributed by atoms with Gasteiger partial charge in [-0.05, 0) is 62.4 Å². The van der Waals surface area contributed by atoms with Crippen molar-refractivity contribution in [2.75, 3.05) is 13.6 Å². The Morgan fingerprint density at radius 2 is 1.71 bits per heavy atom. The summed E-state index contributed by atoms with van der Waals surface area (Å²) in [7, 11) is 2.09. The largest absolute Gasteiger partial charge is 0.303 e. The lowest BCUT2D eigenvalue weighted by molar-refractivity contribution is 0.225. The molecule has 2 aromatic rings. The van der Waals surface area contributed by atoms with E-state index in [9.17, 15) is 14.0 Å². The van der Waals surface area contributed by atoms with Crippen LogP contribution in [-0.4, -0.2) is 24.5 Å². The van der Waals surface area contributed by atoms with Crippen molar-refractivity contribution in [1.82, 2.24) is 4.90 Å². The van der Waals surface area contributed by atoms with Crippen molar-refractivity contribution >= 4 is 0 Å². The van der Waals surface area contributed by atoms with E-state index in [2.05, 4.69) is 37.1 Å². The minimum Gasteiger partial charge on any atom is -0.303 e. The van der Waals surface area contributed by atoms with E-state index < -0.39 is 17.0 Å². The fourth-order valence-corrected chi connectivity index (χ4v) is 3.62. The summed E-state index contributed by atoms with van der Waals surface area (Å²) >= 11 is 0. The summed E-state index contributed by atoms with van der Waals surface area (Å²) in [6.07, 6.45) is 2.37. The number of hydrogen-bond acceptors (Lipinski definition) is 2. The molecule has 0 saturated heterocycles. The van der Waals surface area contributed by atoms with Crippen LogP contribution in [0.3, 0.4) is 0 Å². The van der Waals surface area contributed by atoms with Crippen LogP contribution in [0, 0.1) is 28.9 Å². The van der Waals surface area contributed by atoms with Gasteiger partial charge in [0.15, 0.2) is 11.6 Å². The Labute approximate surface area is 167 Å². The highest BCUT2D eigenvalue weighted by Gasteiger charge is 2.37. The first-order chi connectivity index (χ1) is 13.3. The standard InChI is InChI=1S/C24H30F2N2/c1-18(2)24(17-27,21-10-11-22(25)23(26)16-21)14-12-19(3)28(4)15-13-20-8-6-5-7-9-20/h5-11,16,18-19H,12-15H2,1-4H3. The van der Waals surface area contributed by atoms with Crippen molar-refractivity contribution in [2.45, 2.75) is 51.5 Å². The lowest BCUT2D eigenvalue weighted by Crippen LogP contribution is -2.36. The molecule has 0 aliphatic carbocycles.